The van der Waals surface area contributed by atoms with Crippen molar-refractivity contribution in [3.05, 3.63) is 116 Å². The molecule has 77 heavy (non-hydrogen) atoms. The second kappa shape index (κ2) is 36.0. The van der Waals surface area contributed by atoms with Gasteiger partial charge in [-0.1, -0.05) is 48.6 Å². The van der Waals surface area contributed by atoms with E-state index in [-0.39, 0.29) is 101 Å². The quantitative estimate of drug-likeness (QED) is 0.0190. The molecule has 0 saturated heterocycles. The van der Waals surface area contributed by atoms with E-state index in [1.54, 1.807) is 61.8 Å². The molecule has 0 fully saturated rings. The maximum absolute atomic E-state index is 13.9. The molecule has 0 heterocycles. The first kappa shape index (κ1) is 62.4. The summed E-state index contributed by atoms with van der Waals surface area (Å²) in [5.74, 6) is -1.12. The zero-order valence-electron chi connectivity index (χ0n) is 45.1. The molecule has 0 aliphatic carbocycles. The Morgan fingerprint density at radius 2 is 0.740 bits per heavy atom. The Kier molecular flexibility index (Phi) is 29.2. The topological polar surface area (TPSA) is 240 Å². The lowest BCUT2D eigenvalue weighted by molar-refractivity contribution is 0.0372. The Morgan fingerprint density at radius 1 is 0.364 bits per heavy atom. The predicted molar refractivity (Wildman–Crippen MR) is 293 cm³/mol. The van der Waals surface area contributed by atoms with Crippen LogP contribution in [0, 0.1) is 0 Å². The fourth-order valence-corrected chi connectivity index (χ4v) is 7.11. The molecule has 0 atom stereocenters. The number of rotatable bonds is 37. The molecule has 4 N–H and O–H groups in total. The molecule has 0 spiro atoms. The first-order chi connectivity index (χ1) is 37.5. The molecule has 0 saturated carbocycles. The second-order valence-corrected chi connectivity index (χ2v) is 16.7. The largest absolute Gasteiger partial charge is 0.496 e. The maximum Gasteiger partial charge on any atom is 0.342 e. The number of nitrogens with two attached hydrogens (primary N) is 2. The molecule has 418 valence electrons. The Balaban J connectivity index is 1.87. The second-order valence-electron chi connectivity index (χ2n) is 16.7. The molecule has 19 nitrogen and oxygen atoms in total. The van der Waals surface area contributed by atoms with Gasteiger partial charge in [0.2, 0.25) is 0 Å². The number of methoxy groups -OCH3 is 6. The van der Waals surface area contributed by atoms with Crippen LogP contribution in [-0.4, -0.2) is 159 Å². The third-order valence-corrected chi connectivity index (χ3v) is 11.2. The van der Waals surface area contributed by atoms with Crippen LogP contribution in [0.2, 0.25) is 0 Å². The first-order valence-corrected chi connectivity index (χ1v) is 25.2. The summed E-state index contributed by atoms with van der Waals surface area (Å²) in [5, 5.41) is 0. The highest BCUT2D eigenvalue weighted by molar-refractivity contribution is 6.02. The van der Waals surface area contributed by atoms with E-state index in [2.05, 4.69) is 0 Å². The molecule has 0 aromatic heterocycles. The van der Waals surface area contributed by atoms with E-state index in [1.807, 2.05) is 30.3 Å². The van der Waals surface area contributed by atoms with Crippen LogP contribution in [0.15, 0.2) is 60.7 Å². The van der Waals surface area contributed by atoms with Gasteiger partial charge in [0.25, 0.3) is 0 Å². The summed E-state index contributed by atoms with van der Waals surface area (Å²) >= 11 is 0. The zero-order valence-corrected chi connectivity index (χ0v) is 45.1. The fourth-order valence-electron chi connectivity index (χ4n) is 7.11. The van der Waals surface area contributed by atoms with Crippen molar-refractivity contribution >= 4 is 60.3 Å². The smallest absolute Gasteiger partial charge is 0.342 e. The summed E-state index contributed by atoms with van der Waals surface area (Å²) < 4.78 is 72.1. The highest BCUT2D eigenvalue weighted by Gasteiger charge is 2.23. The molecule has 4 aromatic rings. The molecule has 4 aromatic carbocycles. The lowest BCUT2D eigenvalue weighted by atomic mass is 9.96. The standard InChI is InChI=1S/C58H74N2O17/c1-65-25-30-73-53-39-45(52(70-6)38-46(53)18-16-44-37-51(58(64)77-34-29-69-5)54(72-24-10-8-22-60)40-50(44)57(63)76-33-28-68-4)17-15-43-36-48(55(61)74-31-26-66-2)42(35-49(43)56(62)75-32-27-67-3)14-11-41-12-19-47(20-13-41)71-23-9-7-21-59/h11-20,35-40H,7-10,21-34,59-60H2,1-6H3/b14-11+,17-15+,18-16+. The summed E-state index contributed by atoms with van der Waals surface area (Å²) in [6, 6.07) is 17.0. The summed E-state index contributed by atoms with van der Waals surface area (Å²) in [6.07, 6.45) is 13.2. The minimum Gasteiger partial charge on any atom is -0.496 e. The van der Waals surface area contributed by atoms with Crippen molar-refractivity contribution in [2.45, 2.75) is 25.7 Å². The van der Waals surface area contributed by atoms with Gasteiger partial charge in [-0.05, 0) is 110 Å². The Morgan fingerprint density at radius 3 is 1.21 bits per heavy atom. The number of benzene rings is 4. The van der Waals surface area contributed by atoms with Crippen LogP contribution in [0.5, 0.6) is 23.0 Å². The van der Waals surface area contributed by atoms with Gasteiger partial charge in [0.05, 0.1) is 70.0 Å². The van der Waals surface area contributed by atoms with E-state index in [9.17, 15) is 19.2 Å². The van der Waals surface area contributed by atoms with E-state index >= 15 is 0 Å². The molecule has 0 amide bonds. The van der Waals surface area contributed by atoms with Gasteiger partial charge in [-0.25, -0.2) is 19.2 Å². The monoisotopic (exact) mass is 1070 g/mol. The fraction of sp³-hybridized carbons (Fsp3) is 0.414. The summed E-state index contributed by atoms with van der Waals surface area (Å²) in [7, 11) is 9.01. The molecule has 0 aliphatic rings. The van der Waals surface area contributed by atoms with Crippen LogP contribution in [0.1, 0.15) is 100 Å². The molecular formula is C58H74N2O17. The summed E-state index contributed by atoms with van der Waals surface area (Å²) in [4.78, 5) is 55.0. The Labute approximate surface area is 451 Å². The molecule has 0 radical (unpaired) electrons. The van der Waals surface area contributed by atoms with E-state index in [4.69, 9.17) is 73.0 Å². The van der Waals surface area contributed by atoms with Crippen molar-refractivity contribution in [1.29, 1.82) is 0 Å². The molecule has 0 aliphatic heterocycles. The third kappa shape index (κ3) is 21.1. The molecule has 19 heteroatoms. The van der Waals surface area contributed by atoms with Gasteiger partial charge < -0.3 is 73.0 Å². The number of esters is 4. The van der Waals surface area contributed by atoms with Crippen molar-refractivity contribution in [1.82, 2.24) is 0 Å². The number of ether oxygens (including phenoxy) is 13. The zero-order chi connectivity index (χ0) is 55.6. The van der Waals surface area contributed by atoms with Crippen LogP contribution >= 0.6 is 0 Å². The van der Waals surface area contributed by atoms with Crippen LogP contribution < -0.4 is 30.4 Å². The van der Waals surface area contributed by atoms with Gasteiger partial charge in [0.1, 0.15) is 61.6 Å². The minimum absolute atomic E-state index is 0.0151. The van der Waals surface area contributed by atoms with Crippen LogP contribution in [0.4, 0.5) is 0 Å². The van der Waals surface area contributed by atoms with Crippen molar-refractivity contribution < 1.29 is 80.8 Å². The number of carbonyl (C=O) groups is 4. The average Bonchev–Trinajstić information content (AvgIpc) is 3.44. The number of hydrogen-bond acceptors (Lipinski definition) is 19. The van der Waals surface area contributed by atoms with Gasteiger partial charge in [-0.2, -0.15) is 0 Å². The molecular weight excluding hydrogens is 997 g/mol. The number of unbranched alkanes of at least 4 members (excludes halogenated alkanes) is 2. The lowest BCUT2D eigenvalue weighted by Crippen LogP contribution is -2.15. The van der Waals surface area contributed by atoms with Gasteiger partial charge in [0.15, 0.2) is 0 Å². The summed E-state index contributed by atoms with van der Waals surface area (Å²) in [5.41, 5.74) is 14.6. The highest BCUT2D eigenvalue weighted by atomic mass is 16.6. The first-order valence-electron chi connectivity index (χ1n) is 25.2. The van der Waals surface area contributed by atoms with Crippen molar-refractivity contribution in [3.8, 4) is 23.0 Å². The highest BCUT2D eigenvalue weighted by Crippen LogP contribution is 2.34. The number of hydrogen-bond donors (Lipinski definition) is 2. The Bertz CT molecular complexity index is 2560. The van der Waals surface area contributed by atoms with Crippen molar-refractivity contribution in [3.63, 3.8) is 0 Å². The maximum atomic E-state index is 13.9. The molecule has 4 rings (SSSR count). The molecule has 0 unspecified atom stereocenters. The van der Waals surface area contributed by atoms with E-state index in [0.29, 0.717) is 77.6 Å². The van der Waals surface area contributed by atoms with E-state index < -0.39 is 23.9 Å². The van der Waals surface area contributed by atoms with Crippen LogP contribution in [0.25, 0.3) is 36.5 Å². The van der Waals surface area contributed by atoms with Crippen LogP contribution in [-0.2, 0) is 42.6 Å². The lowest BCUT2D eigenvalue weighted by Gasteiger charge is -2.16. The summed E-state index contributed by atoms with van der Waals surface area (Å²) in [6.45, 7) is 2.74. The van der Waals surface area contributed by atoms with Crippen molar-refractivity contribution in [2.75, 3.05) is 135 Å². The number of carbonyl (C=O) groups excluding carboxylic acids is 4. The SMILES string of the molecule is COCCOC(=O)c1cc(/C=C/c2cc(OCCOC)c(/C=C/c3cc(C(=O)OCCOC)c(OCCCCN)cc3C(=O)OCCOC)cc2OC)c(C(=O)OCCOC)cc1/C=C/c1ccc(OCCCCN)cc1. The predicted octanol–water partition coefficient (Wildman–Crippen LogP) is 7.68. The van der Waals surface area contributed by atoms with Gasteiger partial charge in [-0.15, -0.1) is 0 Å². The third-order valence-electron chi connectivity index (χ3n) is 11.2. The van der Waals surface area contributed by atoms with Gasteiger partial charge in [-0.3, -0.25) is 0 Å². The van der Waals surface area contributed by atoms with Gasteiger partial charge in [0, 0.05) is 46.7 Å². The van der Waals surface area contributed by atoms with E-state index in [0.717, 1.165) is 18.4 Å². The van der Waals surface area contributed by atoms with Gasteiger partial charge >= 0.3 is 23.9 Å². The molecule has 0 bridgehead atoms. The van der Waals surface area contributed by atoms with Crippen LogP contribution in [0.3, 0.4) is 0 Å². The van der Waals surface area contributed by atoms with Crippen molar-refractivity contribution in [2.24, 2.45) is 11.5 Å². The average molecular weight is 1070 g/mol. The Hall–Kier alpha value is -7.10. The minimum atomic E-state index is -0.694. The normalized spacial score (nSPS) is 11.3. The van der Waals surface area contributed by atoms with E-state index in [1.165, 1.54) is 47.7 Å².